The van der Waals surface area contributed by atoms with Gasteiger partial charge in [0.15, 0.2) is 23.0 Å². The Labute approximate surface area is 223 Å². The highest BCUT2D eigenvalue weighted by Crippen LogP contribution is 2.44. The molecule has 1 fully saturated rings. The van der Waals surface area contributed by atoms with Gasteiger partial charge in [0.05, 0.1) is 40.4 Å². The third-order valence-electron chi connectivity index (χ3n) is 6.99. The lowest BCUT2D eigenvalue weighted by Crippen LogP contribution is -2.39. The van der Waals surface area contributed by atoms with Crippen LogP contribution in [0.25, 0.3) is 0 Å². The molecule has 1 N–H and O–H groups in total. The van der Waals surface area contributed by atoms with Gasteiger partial charge >= 0.3 is 5.97 Å². The number of nitrogens with zero attached hydrogens (tertiary/aromatic N) is 1. The van der Waals surface area contributed by atoms with Gasteiger partial charge in [-0.25, -0.2) is 0 Å². The maximum atomic E-state index is 11.6. The highest BCUT2D eigenvalue weighted by molar-refractivity contribution is 5.70. The molecule has 1 heterocycles. The van der Waals surface area contributed by atoms with Gasteiger partial charge in [0.25, 0.3) is 0 Å². The third-order valence-corrected chi connectivity index (χ3v) is 6.99. The Kier molecular flexibility index (Phi) is 8.97. The van der Waals surface area contributed by atoms with E-state index in [9.17, 15) is 9.90 Å². The first kappa shape index (κ1) is 27.1. The zero-order valence-electron chi connectivity index (χ0n) is 22.3. The van der Waals surface area contributed by atoms with Gasteiger partial charge in [0.2, 0.25) is 5.75 Å². The highest BCUT2D eigenvalue weighted by Gasteiger charge is 2.32. The number of hydrogen-bond acceptors (Lipinski definition) is 7. The Morgan fingerprint density at radius 1 is 0.816 bits per heavy atom. The average Bonchev–Trinajstić information content (AvgIpc) is 2.96. The number of aliphatic carboxylic acids is 1. The SMILES string of the molecule is COc1cc(C(c2cc(OC)c(OC)c(OC)c2)N2CCC(C(=O)O)CC2)ccc1OCc1ccccc1. The first-order chi connectivity index (χ1) is 18.5. The van der Waals surface area contributed by atoms with Crippen LogP contribution in [0.5, 0.6) is 28.7 Å². The summed E-state index contributed by atoms with van der Waals surface area (Å²) in [6, 6.07) is 19.6. The van der Waals surface area contributed by atoms with Crippen molar-refractivity contribution in [2.24, 2.45) is 5.92 Å². The molecule has 0 saturated carbocycles. The molecule has 8 nitrogen and oxygen atoms in total. The molecule has 1 aliphatic rings. The standard InChI is InChI=1S/C30H35NO7/c1-34-25-16-22(10-11-24(25)38-19-20-8-6-5-7-9-20)28(31-14-12-21(13-15-31)30(32)33)23-17-26(35-2)29(37-4)27(18-23)36-3/h5-11,16-18,21,28H,12-15,19H2,1-4H3,(H,32,33). The van der Waals surface area contributed by atoms with E-state index in [4.69, 9.17) is 23.7 Å². The van der Waals surface area contributed by atoms with Gasteiger partial charge in [0, 0.05) is 0 Å². The number of likely N-dealkylation sites (tertiary alicyclic amines) is 1. The van der Waals surface area contributed by atoms with Crippen molar-refractivity contribution in [3.05, 3.63) is 77.4 Å². The molecule has 4 rings (SSSR count). The average molecular weight is 522 g/mol. The fraction of sp³-hybridized carbons (Fsp3) is 0.367. The highest BCUT2D eigenvalue weighted by atomic mass is 16.5. The van der Waals surface area contributed by atoms with E-state index in [2.05, 4.69) is 4.90 Å². The molecule has 0 amide bonds. The van der Waals surface area contributed by atoms with Crippen molar-refractivity contribution < 1.29 is 33.6 Å². The monoisotopic (exact) mass is 521 g/mol. The third kappa shape index (κ3) is 5.97. The molecule has 0 aromatic heterocycles. The van der Waals surface area contributed by atoms with E-state index in [1.165, 1.54) is 0 Å². The van der Waals surface area contributed by atoms with Crippen molar-refractivity contribution in [3.8, 4) is 28.7 Å². The molecule has 3 aromatic rings. The maximum absolute atomic E-state index is 11.6. The number of benzene rings is 3. The van der Waals surface area contributed by atoms with E-state index in [0.717, 1.165) is 16.7 Å². The summed E-state index contributed by atoms with van der Waals surface area (Å²) in [5.74, 6) is 1.82. The van der Waals surface area contributed by atoms with Gasteiger partial charge in [0.1, 0.15) is 6.61 Å². The van der Waals surface area contributed by atoms with Crippen molar-refractivity contribution >= 4 is 5.97 Å². The van der Waals surface area contributed by atoms with E-state index >= 15 is 0 Å². The van der Waals surface area contributed by atoms with Gasteiger partial charge in [-0.1, -0.05) is 36.4 Å². The predicted molar refractivity (Wildman–Crippen MR) is 144 cm³/mol. The van der Waals surface area contributed by atoms with Crippen LogP contribution in [-0.4, -0.2) is 57.5 Å². The largest absolute Gasteiger partial charge is 0.493 e. The molecule has 1 aliphatic heterocycles. The normalized spacial score (nSPS) is 14.9. The van der Waals surface area contributed by atoms with Crippen LogP contribution in [0.1, 0.15) is 35.6 Å². The smallest absolute Gasteiger partial charge is 0.306 e. The number of rotatable bonds is 11. The maximum Gasteiger partial charge on any atom is 0.306 e. The zero-order valence-corrected chi connectivity index (χ0v) is 22.3. The number of ether oxygens (including phenoxy) is 5. The lowest BCUT2D eigenvalue weighted by atomic mass is 9.91. The summed E-state index contributed by atoms with van der Waals surface area (Å²) in [7, 11) is 6.39. The van der Waals surface area contributed by atoms with Crippen LogP contribution in [-0.2, 0) is 11.4 Å². The summed E-state index contributed by atoms with van der Waals surface area (Å²) >= 11 is 0. The second-order valence-electron chi connectivity index (χ2n) is 9.19. The number of carboxylic acids is 1. The van der Waals surface area contributed by atoms with Gasteiger partial charge < -0.3 is 28.8 Å². The number of hydrogen-bond donors (Lipinski definition) is 1. The molecule has 1 saturated heterocycles. The Bertz CT molecular complexity index is 1200. The van der Waals surface area contributed by atoms with Crippen LogP contribution < -0.4 is 23.7 Å². The van der Waals surface area contributed by atoms with Crippen LogP contribution >= 0.6 is 0 Å². The molecule has 1 unspecified atom stereocenters. The van der Waals surface area contributed by atoms with Gasteiger partial charge in [-0.2, -0.15) is 0 Å². The van der Waals surface area contributed by atoms with Crippen molar-refractivity contribution in [1.29, 1.82) is 0 Å². The second-order valence-corrected chi connectivity index (χ2v) is 9.19. The molecule has 0 spiro atoms. The summed E-state index contributed by atoms with van der Waals surface area (Å²) < 4.78 is 28.6. The van der Waals surface area contributed by atoms with Gasteiger partial charge in [-0.05, 0) is 66.9 Å². The number of carboxylic acid groups (broad SMARTS) is 1. The fourth-order valence-electron chi connectivity index (χ4n) is 4.99. The Balaban J connectivity index is 1.72. The van der Waals surface area contributed by atoms with Crippen LogP contribution in [0.2, 0.25) is 0 Å². The molecule has 0 radical (unpaired) electrons. The fourth-order valence-corrected chi connectivity index (χ4v) is 4.99. The molecule has 0 bridgehead atoms. The first-order valence-corrected chi connectivity index (χ1v) is 12.6. The number of piperidine rings is 1. The Morgan fingerprint density at radius 2 is 1.42 bits per heavy atom. The topological polar surface area (TPSA) is 86.7 Å². The molecule has 8 heteroatoms. The minimum Gasteiger partial charge on any atom is -0.493 e. The number of carbonyl (C=O) groups is 1. The van der Waals surface area contributed by atoms with E-state index in [0.29, 0.717) is 61.3 Å². The molecule has 1 atom stereocenters. The summed E-state index contributed by atoms with van der Waals surface area (Å²) in [4.78, 5) is 13.9. The molecule has 202 valence electrons. The lowest BCUT2D eigenvalue weighted by molar-refractivity contribution is -0.143. The summed E-state index contributed by atoms with van der Waals surface area (Å²) in [5, 5.41) is 9.53. The second kappa shape index (κ2) is 12.6. The zero-order chi connectivity index (χ0) is 27.1. The Morgan fingerprint density at radius 3 is 1.97 bits per heavy atom. The van der Waals surface area contributed by atoms with Crippen molar-refractivity contribution in [2.45, 2.75) is 25.5 Å². The molecular formula is C30H35NO7. The van der Waals surface area contributed by atoms with Crippen molar-refractivity contribution in [2.75, 3.05) is 41.5 Å². The van der Waals surface area contributed by atoms with Crippen molar-refractivity contribution in [1.82, 2.24) is 4.90 Å². The Hall–Kier alpha value is -3.91. The van der Waals surface area contributed by atoms with Crippen LogP contribution in [0.3, 0.4) is 0 Å². The summed E-state index contributed by atoms with van der Waals surface area (Å²) in [5.41, 5.74) is 2.99. The van der Waals surface area contributed by atoms with Crippen LogP contribution in [0.4, 0.5) is 0 Å². The molecular weight excluding hydrogens is 486 g/mol. The van der Waals surface area contributed by atoms with E-state index < -0.39 is 5.97 Å². The summed E-state index contributed by atoms with van der Waals surface area (Å²) in [6.45, 7) is 1.69. The first-order valence-electron chi connectivity index (χ1n) is 12.6. The van der Waals surface area contributed by atoms with E-state index in [1.54, 1.807) is 28.4 Å². The van der Waals surface area contributed by atoms with Crippen LogP contribution in [0.15, 0.2) is 60.7 Å². The van der Waals surface area contributed by atoms with Crippen LogP contribution in [0, 0.1) is 5.92 Å². The minimum atomic E-state index is -0.740. The van der Waals surface area contributed by atoms with Gasteiger partial charge in [-0.15, -0.1) is 0 Å². The number of methoxy groups -OCH3 is 4. The van der Waals surface area contributed by atoms with E-state index in [-0.39, 0.29) is 12.0 Å². The van der Waals surface area contributed by atoms with E-state index in [1.807, 2.05) is 60.7 Å². The molecule has 38 heavy (non-hydrogen) atoms. The van der Waals surface area contributed by atoms with Gasteiger partial charge in [-0.3, -0.25) is 9.69 Å². The van der Waals surface area contributed by atoms with Crippen molar-refractivity contribution in [3.63, 3.8) is 0 Å². The predicted octanol–water partition coefficient (Wildman–Crippen LogP) is 5.19. The molecule has 3 aromatic carbocycles. The molecule has 0 aliphatic carbocycles. The quantitative estimate of drug-likeness (QED) is 0.369. The minimum absolute atomic E-state index is 0.199. The summed E-state index contributed by atoms with van der Waals surface area (Å²) in [6.07, 6.45) is 1.15. The lowest BCUT2D eigenvalue weighted by Gasteiger charge is -2.37.